The van der Waals surface area contributed by atoms with E-state index in [4.69, 9.17) is 9.47 Å². The van der Waals surface area contributed by atoms with Crippen molar-refractivity contribution in [3.63, 3.8) is 0 Å². The maximum atomic E-state index is 13.0. The van der Waals surface area contributed by atoms with Crippen molar-refractivity contribution in [2.75, 3.05) is 6.54 Å². The highest BCUT2D eigenvalue weighted by Crippen LogP contribution is 2.29. The van der Waals surface area contributed by atoms with Gasteiger partial charge in [0.05, 0.1) is 12.1 Å². The Kier molecular flexibility index (Phi) is 6.16. The lowest BCUT2D eigenvalue weighted by Crippen LogP contribution is -2.41. The molecule has 164 valence electrons. The summed E-state index contributed by atoms with van der Waals surface area (Å²) in [4.78, 5) is 27.7. The molecule has 2 aromatic rings. The minimum atomic E-state index is -0.615. The first kappa shape index (κ1) is 22.2. The van der Waals surface area contributed by atoms with Crippen LogP contribution in [0.3, 0.4) is 0 Å². The molecule has 0 bridgehead atoms. The van der Waals surface area contributed by atoms with E-state index in [0.717, 1.165) is 29.4 Å². The van der Waals surface area contributed by atoms with Crippen molar-refractivity contribution in [1.29, 1.82) is 0 Å². The summed E-state index contributed by atoms with van der Waals surface area (Å²) in [5.41, 5.74) is 0.300. The molecule has 1 fully saturated rings. The van der Waals surface area contributed by atoms with Crippen molar-refractivity contribution in [3.05, 3.63) is 36.0 Å². The maximum Gasteiger partial charge on any atom is 0.419 e. The fourth-order valence-electron chi connectivity index (χ4n) is 3.56. The van der Waals surface area contributed by atoms with Crippen molar-refractivity contribution in [2.45, 2.75) is 78.6 Å². The van der Waals surface area contributed by atoms with E-state index in [2.05, 4.69) is 0 Å². The average molecular weight is 415 g/mol. The summed E-state index contributed by atoms with van der Waals surface area (Å²) in [6, 6.07) is 9.64. The van der Waals surface area contributed by atoms with Gasteiger partial charge in [-0.15, -0.1) is 0 Å². The molecule has 0 aliphatic heterocycles. The van der Waals surface area contributed by atoms with Crippen LogP contribution in [0.2, 0.25) is 0 Å². The van der Waals surface area contributed by atoms with Crippen LogP contribution >= 0.6 is 0 Å². The number of ether oxygens (including phenoxy) is 2. The molecule has 0 unspecified atom stereocenters. The normalized spacial score (nSPS) is 15.0. The second-order valence-corrected chi connectivity index (χ2v) is 10.2. The SMILES string of the molecule is CC(C)(C)OC(=O)N(Cc1cc2ccccc2n1C(=O)OC(C)(C)C)CC1CCC1. The summed E-state index contributed by atoms with van der Waals surface area (Å²) < 4.78 is 12.9. The van der Waals surface area contributed by atoms with Crippen molar-refractivity contribution < 1.29 is 19.1 Å². The molecule has 30 heavy (non-hydrogen) atoms. The number of carbonyl (C=O) groups is 2. The highest BCUT2D eigenvalue weighted by atomic mass is 16.6. The van der Waals surface area contributed by atoms with Crippen LogP contribution in [-0.2, 0) is 16.0 Å². The summed E-state index contributed by atoms with van der Waals surface area (Å²) >= 11 is 0. The fraction of sp³-hybridized carbons (Fsp3) is 0.583. The Hall–Kier alpha value is -2.50. The third-order valence-corrected chi connectivity index (χ3v) is 5.07. The molecule has 0 saturated heterocycles. The molecule has 1 saturated carbocycles. The van der Waals surface area contributed by atoms with Gasteiger partial charge in [-0.2, -0.15) is 0 Å². The van der Waals surface area contributed by atoms with E-state index in [1.54, 1.807) is 9.47 Å². The van der Waals surface area contributed by atoms with E-state index in [1.165, 1.54) is 6.42 Å². The van der Waals surface area contributed by atoms with Crippen LogP contribution in [0.25, 0.3) is 10.9 Å². The van der Waals surface area contributed by atoms with Crippen LogP contribution in [0.15, 0.2) is 30.3 Å². The van der Waals surface area contributed by atoms with Gasteiger partial charge < -0.3 is 14.4 Å². The van der Waals surface area contributed by atoms with E-state index < -0.39 is 17.3 Å². The number of nitrogens with zero attached hydrogens (tertiary/aromatic N) is 2. The minimum absolute atomic E-state index is 0.291. The minimum Gasteiger partial charge on any atom is -0.444 e. The van der Waals surface area contributed by atoms with Crippen molar-refractivity contribution in [1.82, 2.24) is 9.47 Å². The number of benzene rings is 1. The average Bonchev–Trinajstić information content (AvgIpc) is 2.91. The number of hydrogen-bond acceptors (Lipinski definition) is 4. The van der Waals surface area contributed by atoms with Gasteiger partial charge in [-0.05, 0) is 72.4 Å². The van der Waals surface area contributed by atoms with Gasteiger partial charge >= 0.3 is 12.2 Å². The van der Waals surface area contributed by atoms with Gasteiger partial charge in [-0.1, -0.05) is 24.6 Å². The van der Waals surface area contributed by atoms with Crippen LogP contribution in [0.4, 0.5) is 9.59 Å². The lowest BCUT2D eigenvalue weighted by molar-refractivity contribution is 0.0163. The molecule has 1 heterocycles. The van der Waals surface area contributed by atoms with E-state index in [0.29, 0.717) is 19.0 Å². The molecular weight excluding hydrogens is 380 g/mol. The highest BCUT2D eigenvalue weighted by molar-refractivity contribution is 5.91. The Morgan fingerprint density at radius 2 is 1.67 bits per heavy atom. The number of fused-ring (bicyclic) bond motifs is 1. The van der Waals surface area contributed by atoms with E-state index in [9.17, 15) is 9.59 Å². The Labute approximate surface area is 179 Å². The zero-order valence-electron chi connectivity index (χ0n) is 19.0. The molecule has 1 aliphatic rings. The van der Waals surface area contributed by atoms with E-state index in [-0.39, 0.29) is 6.09 Å². The van der Waals surface area contributed by atoms with Crippen LogP contribution in [-0.4, -0.2) is 39.4 Å². The zero-order valence-corrected chi connectivity index (χ0v) is 19.0. The maximum absolute atomic E-state index is 13.0. The van der Waals surface area contributed by atoms with Crippen molar-refractivity contribution in [3.8, 4) is 0 Å². The predicted octanol–water partition coefficient (Wildman–Crippen LogP) is 5.96. The Morgan fingerprint density at radius 3 is 2.23 bits per heavy atom. The number of aromatic nitrogens is 1. The molecule has 1 aliphatic carbocycles. The largest absolute Gasteiger partial charge is 0.444 e. The number of amides is 1. The molecule has 6 nitrogen and oxygen atoms in total. The first-order valence-corrected chi connectivity index (χ1v) is 10.7. The highest BCUT2D eigenvalue weighted by Gasteiger charge is 2.30. The Balaban J connectivity index is 1.94. The van der Waals surface area contributed by atoms with Crippen LogP contribution in [0.5, 0.6) is 0 Å². The smallest absolute Gasteiger partial charge is 0.419 e. The second kappa shape index (κ2) is 8.32. The third kappa shape index (κ3) is 5.55. The molecule has 0 atom stereocenters. The first-order valence-electron chi connectivity index (χ1n) is 10.7. The molecule has 6 heteroatoms. The number of hydrogen-bond donors (Lipinski definition) is 0. The quantitative estimate of drug-likeness (QED) is 0.619. The first-order chi connectivity index (χ1) is 13.9. The lowest BCUT2D eigenvalue weighted by atomic mass is 9.85. The summed E-state index contributed by atoms with van der Waals surface area (Å²) in [5.74, 6) is 0.483. The van der Waals surface area contributed by atoms with Gasteiger partial charge in [0.25, 0.3) is 0 Å². The van der Waals surface area contributed by atoms with Crippen LogP contribution in [0.1, 0.15) is 66.5 Å². The topological polar surface area (TPSA) is 60.8 Å². The molecule has 3 rings (SSSR count). The standard InChI is InChI=1S/C24H34N2O4/c1-23(2,3)29-21(27)25(15-17-10-9-11-17)16-19-14-18-12-7-8-13-20(18)26(19)22(28)30-24(4,5)6/h7-8,12-14,17H,9-11,15-16H2,1-6H3. The van der Waals surface area contributed by atoms with Gasteiger partial charge in [0.1, 0.15) is 11.2 Å². The third-order valence-electron chi connectivity index (χ3n) is 5.07. The molecular formula is C24H34N2O4. The van der Waals surface area contributed by atoms with Crippen LogP contribution < -0.4 is 0 Å². The number of para-hydroxylation sites is 1. The van der Waals surface area contributed by atoms with E-state index >= 15 is 0 Å². The summed E-state index contributed by atoms with van der Waals surface area (Å²) in [7, 11) is 0. The monoisotopic (exact) mass is 414 g/mol. The van der Waals surface area contributed by atoms with Gasteiger partial charge in [0.15, 0.2) is 0 Å². The van der Waals surface area contributed by atoms with Crippen molar-refractivity contribution >= 4 is 23.1 Å². The van der Waals surface area contributed by atoms with Gasteiger partial charge in [-0.3, -0.25) is 0 Å². The van der Waals surface area contributed by atoms with Crippen molar-refractivity contribution in [2.24, 2.45) is 5.92 Å². The molecule has 0 radical (unpaired) electrons. The predicted molar refractivity (Wildman–Crippen MR) is 118 cm³/mol. The molecule has 1 aromatic carbocycles. The molecule has 0 spiro atoms. The number of carbonyl (C=O) groups excluding carboxylic acids is 2. The Bertz CT molecular complexity index is 913. The zero-order chi connectivity index (χ0) is 22.1. The van der Waals surface area contributed by atoms with Gasteiger partial charge in [0.2, 0.25) is 0 Å². The summed E-state index contributed by atoms with van der Waals surface area (Å²) in [5, 5.41) is 0.936. The van der Waals surface area contributed by atoms with E-state index in [1.807, 2.05) is 71.9 Å². The summed E-state index contributed by atoms with van der Waals surface area (Å²) in [6.07, 6.45) is 2.65. The number of rotatable bonds is 4. The Morgan fingerprint density at radius 1 is 1.03 bits per heavy atom. The molecule has 0 N–H and O–H groups in total. The molecule has 1 aromatic heterocycles. The van der Waals surface area contributed by atoms with Crippen LogP contribution in [0, 0.1) is 5.92 Å². The van der Waals surface area contributed by atoms with Gasteiger partial charge in [-0.25, -0.2) is 14.2 Å². The molecule has 1 amide bonds. The lowest BCUT2D eigenvalue weighted by Gasteiger charge is -2.33. The fourth-order valence-corrected chi connectivity index (χ4v) is 3.56. The second-order valence-electron chi connectivity index (χ2n) is 10.2. The van der Waals surface area contributed by atoms with Gasteiger partial charge in [0, 0.05) is 17.6 Å². The summed E-state index contributed by atoms with van der Waals surface area (Å²) in [6.45, 7) is 12.1.